The highest BCUT2D eigenvalue weighted by molar-refractivity contribution is 5.91. The first-order chi connectivity index (χ1) is 22.0. The summed E-state index contributed by atoms with van der Waals surface area (Å²) in [6, 6.07) is 9.56. The quantitative estimate of drug-likeness (QED) is 0.107. The van der Waals surface area contributed by atoms with Crippen molar-refractivity contribution in [3.05, 3.63) is 53.6 Å². The minimum atomic E-state index is -1.76. The third kappa shape index (κ3) is 8.23. The van der Waals surface area contributed by atoms with Gasteiger partial charge in [-0.15, -0.1) is 0 Å². The van der Waals surface area contributed by atoms with Crippen LogP contribution in [0.2, 0.25) is 0 Å². The molecule has 16 heteroatoms. The van der Waals surface area contributed by atoms with Gasteiger partial charge in [0.25, 0.3) is 0 Å². The zero-order valence-corrected chi connectivity index (χ0v) is 24.9. The molecule has 0 bridgehead atoms. The number of ether oxygens (including phenoxy) is 6. The van der Waals surface area contributed by atoms with Crippen LogP contribution in [0.1, 0.15) is 11.1 Å². The standard InChI is InChI=1S/C30H39NO15/c1-41-18-11-14(3-6-16(18)43-29-26(38)23(35)22(34)20(13-32)45-29)5-8-21(33)31-10-9-15-4-7-17(19(12-15)42-2)44-30-27(39)24(36)25(37)28(40)46-30/h3-8,11-12,20,22-30,32,34-40H,9-10,13H2,1-2H3,(H,31,33). The van der Waals surface area contributed by atoms with E-state index in [1.165, 1.54) is 32.4 Å². The normalized spacial score (nSPS) is 31.3. The predicted octanol–water partition coefficient (Wildman–Crippen LogP) is -2.61. The van der Waals surface area contributed by atoms with Crippen LogP contribution in [0.5, 0.6) is 23.0 Å². The van der Waals surface area contributed by atoms with E-state index in [9.17, 15) is 45.6 Å². The summed E-state index contributed by atoms with van der Waals surface area (Å²) in [6.07, 6.45) is -12.2. The number of carbonyl (C=O) groups is 1. The molecular weight excluding hydrogens is 614 g/mol. The molecule has 0 radical (unpaired) electrons. The van der Waals surface area contributed by atoms with Gasteiger partial charge in [0.15, 0.2) is 29.3 Å². The Labute approximate surface area is 263 Å². The Morgan fingerprint density at radius 2 is 1.35 bits per heavy atom. The minimum Gasteiger partial charge on any atom is -0.493 e. The van der Waals surface area contributed by atoms with Crippen molar-refractivity contribution in [2.45, 2.75) is 68.0 Å². The first-order valence-corrected chi connectivity index (χ1v) is 14.3. The third-order valence-corrected chi connectivity index (χ3v) is 7.43. The largest absolute Gasteiger partial charge is 0.493 e. The molecule has 2 aliphatic rings. The van der Waals surface area contributed by atoms with Gasteiger partial charge in [-0.2, -0.15) is 0 Å². The van der Waals surface area contributed by atoms with Gasteiger partial charge in [-0.1, -0.05) is 12.1 Å². The second-order valence-electron chi connectivity index (χ2n) is 10.6. The van der Waals surface area contributed by atoms with Crippen molar-refractivity contribution in [2.75, 3.05) is 27.4 Å². The van der Waals surface area contributed by atoms with Crippen LogP contribution < -0.4 is 24.3 Å². The van der Waals surface area contributed by atoms with E-state index in [1.54, 1.807) is 30.3 Å². The SMILES string of the molecule is COc1cc(CCNC(=O)C=Cc2ccc(OC3OC(CO)C(O)C(O)C3O)c(OC)c2)ccc1OC1OC(O)C(O)C(O)C1O. The lowest BCUT2D eigenvalue weighted by Crippen LogP contribution is -2.60. The van der Waals surface area contributed by atoms with Gasteiger partial charge in [-0.25, -0.2) is 0 Å². The number of hydrogen-bond donors (Lipinski definition) is 9. The maximum atomic E-state index is 12.4. The molecule has 2 aromatic carbocycles. The van der Waals surface area contributed by atoms with E-state index in [4.69, 9.17) is 28.4 Å². The molecule has 2 heterocycles. The Kier molecular flexibility index (Phi) is 12.2. The summed E-state index contributed by atoms with van der Waals surface area (Å²) in [6.45, 7) is -0.334. The van der Waals surface area contributed by atoms with Crippen molar-refractivity contribution in [1.82, 2.24) is 5.32 Å². The number of benzene rings is 2. The van der Waals surface area contributed by atoms with E-state index in [-0.39, 0.29) is 35.4 Å². The van der Waals surface area contributed by atoms with Crippen LogP contribution in [0.3, 0.4) is 0 Å². The average Bonchev–Trinajstić information content (AvgIpc) is 3.06. The van der Waals surface area contributed by atoms with Gasteiger partial charge in [0.2, 0.25) is 18.5 Å². The molecule has 0 spiro atoms. The molecule has 0 aliphatic carbocycles. The van der Waals surface area contributed by atoms with Gasteiger partial charge in [0.1, 0.15) is 42.7 Å². The number of aliphatic hydroxyl groups excluding tert-OH is 8. The van der Waals surface area contributed by atoms with Gasteiger partial charge in [-0.05, 0) is 47.9 Å². The van der Waals surface area contributed by atoms with Crippen molar-refractivity contribution in [3.8, 4) is 23.0 Å². The van der Waals surface area contributed by atoms with Crippen LogP contribution in [0.15, 0.2) is 42.5 Å². The van der Waals surface area contributed by atoms with E-state index in [2.05, 4.69) is 5.32 Å². The van der Waals surface area contributed by atoms with Crippen molar-refractivity contribution in [3.63, 3.8) is 0 Å². The fourth-order valence-corrected chi connectivity index (χ4v) is 4.75. The van der Waals surface area contributed by atoms with Gasteiger partial charge < -0.3 is 74.6 Å². The number of nitrogens with one attached hydrogen (secondary N) is 1. The van der Waals surface area contributed by atoms with Crippen molar-refractivity contribution in [2.24, 2.45) is 0 Å². The Hall–Kier alpha value is -3.55. The summed E-state index contributed by atoms with van der Waals surface area (Å²) in [4.78, 5) is 12.4. The first kappa shape index (κ1) is 35.3. The summed E-state index contributed by atoms with van der Waals surface area (Å²) >= 11 is 0. The van der Waals surface area contributed by atoms with Crippen molar-refractivity contribution >= 4 is 12.0 Å². The highest BCUT2D eigenvalue weighted by Gasteiger charge is 2.46. The number of carbonyl (C=O) groups excluding carboxylic acids is 1. The minimum absolute atomic E-state index is 0.150. The molecular formula is C30H39NO15. The summed E-state index contributed by atoms with van der Waals surface area (Å²) in [5.74, 6) is 0.419. The molecule has 10 atom stereocenters. The second-order valence-corrected chi connectivity index (χ2v) is 10.6. The highest BCUT2D eigenvalue weighted by atomic mass is 16.7. The number of aliphatic hydroxyl groups is 8. The molecule has 2 aromatic rings. The first-order valence-electron chi connectivity index (χ1n) is 14.3. The van der Waals surface area contributed by atoms with Crippen molar-refractivity contribution < 1.29 is 74.1 Å². The fourth-order valence-electron chi connectivity index (χ4n) is 4.75. The summed E-state index contributed by atoms with van der Waals surface area (Å²) < 4.78 is 32.3. The molecule has 9 N–H and O–H groups in total. The van der Waals surface area contributed by atoms with E-state index in [0.717, 1.165) is 5.56 Å². The Balaban J connectivity index is 1.30. The zero-order valence-electron chi connectivity index (χ0n) is 24.9. The lowest BCUT2D eigenvalue weighted by molar-refractivity contribution is -0.321. The van der Waals surface area contributed by atoms with Crippen LogP contribution in [-0.4, -0.2) is 136 Å². The lowest BCUT2D eigenvalue weighted by atomic mass is 9.99. The van der Waals surface area contributed by atoms with E-state index in [0.29, 0.717) is 12.0 Å². The summed E-state index contributed by atoms with van der Waals surface area (Å²) in [5, 5.41) is 81.7. The predicted molar refractivity (Wildman–Crippen MR) is 156 cm³/mol. The molecule has 0 aromatic heterocycles. The van der Waals surface area contributed by atoms with Crippen LogP contribution in [0.25, 0.3) is 6.08 Å². The molecule has 46 heavy (non-hydrogen) atoms. The number of rotatable bonds is 12. The Morgan fingerprint density at radius 3 is 1.98 bits per heavy atom. The molecule has 10 unspecified atom stereocenters. The maximum Gasteiger partial charge on any atom is 0.244 e. The van der Waals surface area contributed by atoms with E-state index in [1.807, 2.05) is 0 Å². The average molecular weight is 654 g/mol. The number of amides is 1. The maximum absolute atomic E-state index is 12.4. The summed E-state index contributed by atoms with van der Waals surface area (Å²) in [5.41, 5.74) is 1.35. The van der Waals surface area contributed by atoms with Gasteiger partial charge in [-0.3, -0.25) is 4.79 Å². The van der Waals surface area contributed by atoms with Crippen LogP contribution in [0.4, 0.5) is 0 Å². The zero-order chi connectivity index (χ0) is 33.5. The smallest absolute Gasteiger partial charge is 0.244 e. The number of methoxy groups -OCH3 is 2. The second kappa shape index (κ2) is 15.8. The lowest BCUT2D eigenvalue weighted by Gasteiger charge is -2.39. The van der Waals surface area contributed by atoms with Gasteiger partial charge >= 0.3 is 0 Å². The molecule has 16 nitrogen and oxygen atoms in total. The molecule has 2 aliphatic heterocycles. The molecule has 4 rings (SSSR count). The molecule has 2 saturated heterocycles. The van der Waals surface area contributed by atoms with Gasteiger partial charge in [0.05, 0.1) is 20.8 Å². The molecule has 1 amide bonds. The molecule has 0 saturated carbocycles. The van der Waals surface area contributed by atoms with Crippen LogP contribution >= 0.6 is 0 Å². The van der Waals surface area contributed by atoms with Crippen LogP contribution in [-0.2, 0) is 20.7 Å². The Morgan fingerprint density at radius 1 is 0.761 bits per heavy atom. The third-order valence-electron chi connectivity index (χ3n) is 7.43. The fraction of sp³-hybridized carbons (Fsp3) is 0.500. The topological polar surface area (TPSA) is 246 Å². The van der Waals surface area contributed by atoms with E-state index < -0.39 is 68.2 Å². The Bertz CT molecular complexity index is 1340. The highest BCUT2D eigenvalue weighted by Crippen LogP contribution is 2.33. The van der Waals surface area contributed by atoms with Crippen molar-refractivity contribution in [1.29, 1.82) is 0 Å². The van der Waals surface area contributed by atoms with Crippen LogP contribution in [0, 0.1) is 0 Å². The molecule has 2 fully saturated rings. The summed E-state index contributed by atoms with van der Waals surface area (Å²) in [7, 11) is 2.78. The van der Waals surface area contributed by atoms with E-state index >= 15 is 0 Å². The number of hydrogen-bond acceptors (Lipinski definition) is 15. The van der Waals surface area contributed by atoms with Gasteiger partial charge in [0, 0.05) is 12.6 Å². The monoisotopic (exact) mass is 653 g/mol. The molecule has 254 valence electrons.